The predicted octanol–water partition coefficient (Wildman–Crippen LogP) is 5.60. The normalized spacial score (nSPS) is 34.8. The fraction of sp³-hybridized carbons (Fsp3) is 0.750. The maximum atomic E-state index is 10.8. The highest BCUT2D eigenvalue weighted by atomic mass is 16.4. The Morgan fingerprint density at radius 3 is 2.68 bits per heavy atom. The first kappa shape index (κ1) is 17.3. The monoisotopic (exact) mass is 304 g/mol. The van der Waals surface area contributed by atoms with Crippen LogP contribution in [0.1, 0.15) is 73.1 Å². The molecule has 2 rings (SSSR count). The first-order valence-electron chi connectivity index (χ1n) is 8.77. The lowest BCUT2D eigenvalue weighted by molar-refractivity contribution is -0.131. The van der Waals surface area contributed by atoms with Crippen molar-refractivity contribution in [3.63, 3.8) is 0 Å². The third-order valence-electron chi connectivity index (χ3n) is 6.52. The summed E-state index contributed by atoms with van der Waals surface area (Å²) in [4.78, 5) is 10.8. The van der Waals surface area contributed by atoms with Crippen molar-refractivity contribution in [2.75, 3.05) is 0 Å². The van der Waals surface area contributed by atoms with E-state index in [1.54, 1.807) is 5.57 Å². The molecular formula is C20H32O2. The van der Waals surface area contributed by atoms with Crippen LogP contribution in [0.15, 0.2) is 23.3 Å². The Morgan fingerprint density at radius 1 is 1.36 bits per heavy atom. The van der Waals surface area contributed by atoms with Crippen LogP contribution < -0.4 is 0 Å². The van der Waals surface area contributed by atoms with Gasteiger partial charge in [0.15, 0.2) is 0 Å². The summed E-state index contributed by atoms with van der Waals surface area (Å²) in [5.74, 6) is 0.572. The van der Waals surface area contributed by atoms with Gasteiger partial charge in [0.1, 0.15) is 0 Å². The number of hydrogen-bond donors (Lipinski definition) is 1. The van der Waals surface area contributed by atoms with Gasteiger partial charge in [0, 0.05) is 6.08 Å². The molecule has 1 fully saturated rings. The topological polar surface area (TPSA) is 37.3 Å². The maximum absolute atomic E-state index is 10.8. The molecule has 0 bridgehead atoms. The molecule has 3 unspecified atom stereocenters. The second-order valence-electron chi connectivity index (χ2n) is 8.46. The molecule has 2 nitrogen and oxygen atoms in total. The molecule has 0 radical (unpaired) electrons. The summed E-state index contributed by atoms with van der Waals surface area (Å²) < 4.78 is 0. The molecule has 2 heteroatoms. The van der Waals surface area contributed by atoms with Crippen LogP contribution >= 0.6 is 0 Å². The number of fused-ring (bicyclic) bond motifs is 1. The molecule has 0 spiro atoms. The van der Waals surface area contributed by atoms with Crippen LogP contribution in [-0.4, -0.2) is 11.1 Å². The second kappa shape index (κ2) is 6.22. The van der Waals surface area contributed by atoms with Crippen molar-refractivity contribution in [2.24, 2.45) is 22.7 Å². The van der Waals surface area contributed by atoms with E-state index >= 15 is 0 Å². The number of rotatable bonds is 4. The molecule has 124 valence electrons. The average Bonchev–Trinajstić information content (AvgIpc) is 2.40. The molecule has 2 aliphatic carbocycles. The fourth-order valence-corrected chi connectivity index (χ4v) is 4.66. The Hall–Kier alpha value is -1.05. The zero-order valence-corrected chi connectivity index (χ0v) is 14.9. The Kier molecular flexibility index (Phi) is 4.89. The molecule has 1 saturated carbocycles. The summed E-state index contributed by atoms with van der Waals surface area (Å²) in [7, 11) is 0. The zero-order valence-electron chi connectivity index (χ0n) is 14.9. The van der Waals surface area contributed by atoms with E-state index in [-0.39, 0.29) is 5.41 Å². The van der Waals surface area contributed by atoms with Gasteiger partial charge < -0.3 is 5.11 Å². The number of carboxylic acid groups (broad SMARTS) is 1. The summed E-state index contributed by atoms with van der Waals surface area (Å²) in [5, 5.41) is 8.91. The largest absolute Gasteiger partial charge is 0.478 e. The van der Waals surface area contributed by atoms with E-state index in [9.17, 15) is 4.79 Å². The molecule has 0 amide bonds. The van der Waals surface area contributed by atoms with Crippen molar-refractivity contribution in [1.82, 2.24) is 0 Å². The smallest absolute Gasteiger partial charge is 0.328 e. The molecule has 3 atom stereocenters. The quantitative estimate of drug-likeness (QED) is 0.542. The van der Waals surface area contributed by atoms with Crippen molar-refractivity contribution in [1.29, 1.82) is 0 Å². The van der Waals surface area contributed by atoms with E-state index < -0.39 is 5.97 Å². The lowest BCUT2D eigenvalue weighted by atomic mass is 9.52. The molecule has 0 aliphatic heterocycles. The van der Waals surface area contributed by atoms with Crippen LogP contribution in [0.25, 0.3) is 0 Å². The second-order valence-corrected chi connectivity index (χ2v) is 8.46. The predicted molar refractivity (Wildman–Crippen MR) is 91.7 cm³/mol. The van der Waals surface area contributed by atoms with Gasteiger partial charge in [0.2, 0.25) is 0 Å². The van der Waals surface area contributed by atoms with E-state index in [0.29, 0.717) is 17.3 Å². The molecule has 1 N–H and O–H groups in total. The summed E-state index contributed by atoms with van der Waals surface area (Å²) >= 11 is 0. The number of allylic oxidation sites excluding steroid dienone is 3. The number of carbonyl (C=O) groups is 1. The van der Waals surface area contributed by atoms with Gasteiger partial charge in [0.05, 0.1) is 0 Å². The van der Waals surface area contributed by atoms with Crippen LogP contribution in [0.3, 0.4) is 0 Å². The van der Waals surface area contributed by atoms with Gasteiger partial charge in [-0.15, -0.1) is 0 Å². The lowest BCUT2D eigenvalue weighted by Gasteiger charge is -2.53. The Morgan fingerprint density at radius 2 is 2.05 bits per heavy atom. The van der Waals surface area contributed by atoms with Gasteiger partial charge in [0.25, 0.3) is 0 Å². The van der Waals surface area contributed by atoms with E-state index in [4.69, 9.17) is 5.11 Å². The molecule has 0 saturated heterocycles. The highest BCUT2D eigenvalue weighted by Gasteiger charge is 2.47. The Labute approximate surface area is 135 Å². The molecule has 0 aromatic carbocycles. The van der Waals surface area contributed by atoms with Crippen molar-refractivity contribution in [3.8, 4) is 0 Å². The fourth-order valence-electron chi connectivity index (χ4n) is 4.66. The Balaban J connectivity index is 2.22. The Bertz CT molecular complexity index is 498. The molecule has 0 aromatic rings. The highest BCUT2D eigenvalue weighted by Crippen LogP contribution is 2.58. The van der Waals surface area contributed by atoms with Crippen LogP contribution in [0.5, 0.6) is 0 Å². The summed E-state index contributed by atoms with van der Waals surface area (Å²) in [6, 6.07) is 0. The molecule has 22 heavy (non-hydrogen) atoms. The van der Waals surface area contributed by atoms with Crippen molar-refractivity contribution >= 4 is 5.97 Å². The van der Waals surface area contributed by atoms with E-state index in [0.717, 1.165) is 18.4 Å². The van der Waals surface area contributed by atoms with Gasteiger partial charge in [-0.2, -0.15) is 0 Å². The molecular weight excluding hydrogens is 272 g/mol. The lowest BCUT2D eigenvalue weighted by Crippen LogP contribution is -2.43. The minimum Gasteiger partial charge on any atom is -0.478 e. The van der Waals surface area contributed by atoms with Gasteiger partial charge in [-0.1, -0.05) is 44.9 Å². The zero-order chi connectivity index (χ0) is 16.5. The first-order valence-corrected chi connectivity index (χ1v) is 8.77. The van der Waals surface area contributed by atoms with E-state index in [1.807, 2.05) is 6.92 Å². The molecule has 2 aliphatic rings. The first-order chi connectivity index (χ1) is 10.2. The highest BCUT2D eigenvalue weighted by molar-refractivity contribution is 5.80. The summed E-state index contributed by atoms with van der Waals surface area (Å²) in [6.45, 7) is 11.6. The van der Waals surface area contributed by atoms with Crippen LogP contribution in [0.4, 0.5) is 0 Å². The van der Waals surface area contributed by atoms with Crippen molar-refractivity contribution in [2.45, 2.75) is 73.1 Å². The molecule has 0 heterocycles. The number of hydrogen-bond acceptors (Lipinski definition) is 1. The van der Waals surface area contributed by atoms with Crippen molar-refractivity contribution in [3.05, 3.63) is 23.3 Å². The maximum Gasteiger partial charge on any atom is 0.328 e. The van der Waals surface area contributed by atoms with Gasteiger partial charge in [-0.25, -0.2) is 4.79 Å². The van der Waals surface area contributed by atoms with E-state index in [1.165, 1.54) is 31.8 Å². The van der Waals surface area contributed by atoms with Crippen LogP contribution in [0.2, 0.25) is 0 Å². The van der Waals surface area contributed by atoms with Crippen molar-refractivity contribution < 1.29 is 9.90 Å². The van der Waals surface area contributed by atoms with Crippen LogP contribution in [0, 0.1) is 22.7 Å². The molecule has 0 aromatic heterocycles. The van der Waals surface area contributed by atoms with E-state index in [2.05, 4.69) is 33.8 Å². The summed E-state index contributed by atoms with van der Waals surface area (Å²) in [6.07, 6.45) is 11.0. The minimum atomic E-state index is -0.824. The average molecular weight is 304 g/mol. The minimum absolute atomic E-state index is 0.230. The third-order valence-corrected chi connectivity index (χ3v) is 6.52. The number of carboxylic acids is 1. The SMILES string of the molecule is CC(=CC(=O)O)CCC1(C)C2=CCCC(C)(C)C2CCC1C. The van der Waals surface area contributed by atoms with Gasteiger partial charge >= 0.3 is 5.97 Å². The third kappa shape index (κ3) is 3.31. The summed E-state index contributed by atoms with van der Waals surface area (Å²) in [5.41, 5.74) is 3.30. The van der Waals surface area contributed by atoms with Gasteiger partial charge in [-0.3, -0.25) is 0 Å². The number of aliphatic carboxylic acids is 1. The standard InChI is InChI=1S/C20H32O2/c1-14(13-18(21)22)10-12-20(5)15(2)8-9-16-17(20)7-6-11-19(16,3)4/h7,13,15-16H,6,8-12H2,1-5H3,(H,21,22). The van der Waals surface area contributed by atoms with Crippen LogP contribution in [-0.2, 0) is 4.79 Å². The van der Waals surface area contributed by atoms with Gasteiger partial charge in [-0.05, 0) is 68.1 Å².